The minimum absolute atomic E-state index is 0.471. The van der Waals surface area contributed by atoms with Crippen LogP contribution < -0.4 is 22.1 Å². The molecule has 6 nitrogen and oxygen atoms in total. The molecule has 1 rings (SSSR count). The molecule has 0 saturated carbocycles. The average Bonchev–Trinajstić information content (AvgIpc) is 2.84. The quantitative estimate of drug-likeness (QED) is 0.153. The van der Waals surface area contributed by atoms with Crippen molar-refractivity contribution in [3.63, 3.8) is 0 Å². The molecule has 3 atom stereocenters. The van der Waals surface area contributed by atoms with E-state index in [1.807, 2.05) is 24.3 Å². The van der Waals surface area contributed by atoms with Crippen molar-refractivity contribution in [3.8, 4) is 0 Å². The summed E-state index contributed by atoms with van der Waals surface area (Å²) in [4.78, 5) is 4.41. The van der Waals surface area contributed by atoms with Crippen LogP contribution in [0.2, 0.25) is 0 Å². The molecule has 1 aliphatic rings. The number of hydrogen-bond acceptors (Lipinski definition) is 6. The van der Waals surface area contributed by atoms with Crippen LogP contribution in [0.5, 0.6) is 0 Å². The Hall–Kier alpha value is -2.58. The first kappa shape index (κ1) is 31.4. The van der Waals surface area contributed by atoms with Crippen molar-refractivity contribution in [1.82, 2.24) is 20.4 Å². The Balaban J connectivity index is 3.64. The summed E-state index contributed by atoms with van der Waals surface area (Å²) in [5.74, 6) is 0. The SMILES string of the molecule is C=CCC(=C)C(N)(CC=C)NC(CC=C)(C(=C)CC=C)N1CNCN(C(N)(CC=C)C(=C)CC=C)C1. The van der Waals surface area contributed by atoms with Gasteiger partial charge in [-0.15, -0.1) is 39.5 Å². The number of nitrogens with zero attached hydrogens (tertiary/aromatic N) is 2. The number of hydrogen-bond donors (Lipinski definition) is 4. The molecule has 1 heterocycles. The third-order valence-electron chi connectivity index (χ3n) is 6.84. The first-order chi connectivity index (χ1) is 17.0. The van der Waals surface area contributed by atoms with Crippen LogP contribution in [0, 0.1) is 0 Å². The van der Waals surface area contributed by atoms with Gasteiger partial charge in [-0.1, -0.05) is 56.2 Å². The van der Waals surface area contributed by atoms with Crippen LogP contribution in [0.4, 0.5) is 0 Å². The molecule has 198 valence electrons. The number of nitrogens with one attached hydrogen (secondary N) is 2. The maximum absolute atomic E-state index is 7.00. The number of allylic oxidation sites excluding steroid dienone is 3. The van der Waals surface area contributed by atoms with Gasteiger partial charge >= 0.3 is 0 Å². The zero-order chi connectivity index (χ0) is 27.4. The van der Waals surface area contributed by atoms with Gasteiger partial charge in [0, 0.05) is 19.3 Å². The summed E-state index contributed by atoms with van der Waals surface area (Å²) in [6, 6.07) is 0. The van der Waals surface area contributed by atoms with Crippen molar-refractivity contribution >= 4 is 0 Å². The van der Waals surface area contributed by atoms with E-state index in [9.17, 15) is 0 Å². The zero-order valence-corrected chi connectivity index (χ0v) is 22.2. The van der Waals surface area contributed by atoms with Gasteiger partial charge in [-0.3, -0.25) is 20.4 Å². The van der Waals surface area contributed by atoms with Crippen LogP contribution >= 0.6 is 0 Å². The summed E-state index contributed by atoms with van der Waals surface area (Å²) in [6.07, 6.45) is 14.3. The maximum Gasteiger partial charge on any atom is 0.101 e. The largest absolute Gasteiger partial charge is 0.309 e. The topological polar surface area (TPSA) is 82.6 Å². The molecular weight excluding hydrogens is 444 g/mol. The smallest absolute Gasteiger partial charge is 0.101 e. The van der Waals surface area contributed by atoms with E-state index in [1.165, 1.54) is 0 Å². The Bertz CT molecular complexity index is 873. The lowest BCUT2D eigenvalue weighted by Crippen LogP contribution is -2.75. The highest BCUT2D eigenvalue weighted by atomic mass is 15.5. The van der Waals surface area contributed by atoms with Crippen molar-refractivity contribution in [2.45, 2.75) is 55.5 Å². The Morgan fingerprint density at radius 2 is 1.19 bits per heavy atom. The van der Waals surface area contributed by atoms with Gasteiger partial charge < -0.3 is 11.5 Å². The van der Waals surface area contributed by atoms with E-state index < -0.39 is 17.0 Å². The molecule has 6 heteroatoms. The van der Waals surface area contributed by atoms with Crippen LogP contribution in [0.25, 0.3) is 0 Å². The lowest BCUT2D eigenvalue weighted by molar-refractivity contribution is -0.0626. The molecule has 0 amide bonds. The van der Waals surface area contributed by atoms with Crippen molar-refractivity contribution < 1.29 is 0 Å². The van der Waals surface area contributed by atoms with Gasteiger partial charge in [-0.25, -0.2) is 0 Å². The monoisotopic (exact) mass is 492 g/mol. The third-order valence-corrected chi connectivity index (χ3v) is 6.84. The minimum atomic E-state index is -0.960. The fourth-order valence-electron chi connectivity index (χ4n) is 4.72. The molecule has 6 N–H and O–H groups in total. The van der Waals surface area contributed by atoms with E-state index in [0.29, 0.717) is 58.5 Å². The standard InChI is InChI=1S/C30H48N6/c1-10-16-25(7)28(31,19-13-4)34-30(21-15-6,27(9)18-12-3)36-23-33-22-35(24-36)29(32,20-14-5)26(8)17-11-2/h10-15,33-34H,1-9,16-24,31-32H2. The van der Waals surface area contributed by atoms with E-state index in [0.717, 1.165) is 16.7 Å². The van der Waals surface area contributed by atoms with Gasteiger partial charge in [0.25, 0.3) is 0 Å². The fourth-order valence-corrected chi connectivity index (χ4v) is 4.72. The summed E-state index contributed by atoms with van der Waals surface area (Å²) in [5.41, 5.74) is 14.0. The van der Waals surface area contributed by atoms with Gasteiger partial charge in [-0.05, 0) is 36.0 Å². The van der Waals surface area contributed by atoms with E-state index in [-0.39, 0.29) is 0 Å². The van der Waals surface area contributed by atoms with Gasteiger partial charge in [0.05, 0.1) is 31.3 Å². The first-order valence-electron chi connectivity index (χ1n) is 12.3. The maximum atomic E-state index is 7.00. The van der Waals surface area contributed by atoms with Crippen LogP contribution in [-0.4, -0.2) is 46.8 Å². The number of rotatable bonds is 19. The third kappa shape index (κ3) is 7.01. The highest BCUT2D eigenvalue weighted by Crippen LogP contribution is 2.35. The van der Waals surface area contributed by atoms with E-state index in [1.54, 1.807) is 12.2 Å². The lowest BCUT2D eigenvalue weighted by Gasteiger charge is -2.56. The molecule has 3 unspecified atom stereocenters. The molecule has 0 aromatic heterocycles. The molecule has 1 aliphatic heterocycles. The van der Waals surface area contributed by atoms with Gasteiger partial charge in [-0.2, -0.15) is 0 Å². The Labute approximate surface area is 219 Å². The van der Waals surface area contributed by atoms with Crippen molar-refractivity contribution in [3.05, 3.63) is 112 Å². The molecule has 0 spiro atoms. The van der Waals surface area contributed by atoms with E-state index in [4.69, 9.17) is 11.5 Å². The fraction of sp³-hybridized carbons (Fsp3) is 0.400. The van der Waals surface area contributed by atoms with Gasteiger partial charge in [0.2, 0.25) is 0 Å². The van der Waals surface area contributed by atoms with Crippen molar-refractivity contribution in [2.24, 2.45) is 11.5 Å². The minimum Gasteiger partial charge on any atom is -0.309 e. The molecular formula is C30H48N6. The molecule has 36 heavy (non-hydrogen) atoms. The molecule has 1 fully saturated rings. The highest BCUT2D eigenvalue weighted by molar-refractivity contribution is 5.28. The second-order valence-electron chi connectivity index (χ2n) is 9.44. The highest BCUT2D eigenvalue weighted by Gasteiger charge is 2.47. The molecule has 0 aliphatic carbocycles. The van der Waals surface area contributed by atoms with Crippen LogP contribution in [0.15, 0.2) is 112 Å². The normalized spacial score (nSPS) is 19.5. The summed E-state index contributed by atoms with van der Waals surface area (Å²) >= 11 is 0. The second kappa shape index (κ2) is 14.2. The van der Waals surface area contributed by atoms with E-state index in [2.05, 4.69) is 79.6 Å². The van der Waals surface area contributed by atoms with Crippen LogP contribution in [0.1, 0.15) is 38.5 Å². The van der Waals surface area contributed by atoms with Gasteiger partial charge in [0.1, 0.15) is 5.66 Å². The summed E-state index contributed by atoms with van der Waals surface area (Å²) < 4.78 is 0. The van der Waals surface area contributed by atoms with Crippen molar-refractivity contribution in [2.75, 3.05) is 20.0 Å². The number of nitrogens with two attached hydrogens (primary N) is 2. The molecule has 0 bridgehead atoms. The Morgan fingerprint density at radius 3 is 1.72 bits per heavy atom. The predicted molar refractivity (Wildman–Crippen MR) is 157 cm³/mol. The summed E-state index contributed by atoms with van der Waals surface area (Å²) in [6.45, 7) is 38.3. The van der Waals surface area contributed by atoms with Gasteiger partial charge in [0.15, 0.2) is 0 Å². The first-order valence-corrected chi connectivity index (χ1v) is 12.3. The molecule has 0 aromatic rings. The predicted octanol–water partition coefficient (Wildman–Crippen LogP) is 4.79. The molecule has 0 aromatic carbocycles. The summed E-state index contributed by atoms with van der Waals surface area (Å²) in [5, 5.41) is 7.25. The van der Waals surface area contributed by atoms with Crippen LogP contribution in [-0.2, 0) is 0 Å². The zero-order valence-electron chi connectivity index (χ0n) is 22.2. The Kier molecular flexibility index (Phi) is 12.4. The molecule has 1 saturated heterocycles. The second-order valence-corrected chi connectivity index (χ2v) is 9.44. The average molecular weight is 493 g/mol. The summed E-state index contributed by atoms with van der Waals surface area (Å²) in [7, 11) is 0. The van der Waals surface area contributed by atoms with Crippen LogP contribution in [0.3, 0.4) is 0 Å². The lowest BCUT2D eigenvalue weighted by atomic mass is 9.86. The molecule has 0 radical (unpaired) electrons. The Morgan fingerprint density at radius 1 is 0.694 bits per heavy atom. The van der Waals surface area contributed by atoms with Crippen molar-refractivity contribution in [1.29, 1.82) is 0 Å². The van der Waals surface area contributed by atoms with E-state index >= 15 is 0 Å².